The SMILES string of the molecule is CNCc1cncc(C#Cc2cc(C(=O)Nc3ccc(CN4CCN(C)CC4)c(C(F)(F)F)c3)ccc2C)c1.Cc1ccc(C(=O)Nc2ccc(CN3CCN(C)CC3)c(C(F)(F)F)c2)cc1C#Cc1cncc2[nH]cnc12.Cc1ccc(C(=O)Nc2ccc(CN3CCN(C)CC3)c([Si](C)(C)C)c2)cc1C#Cc1cnc2c(c1)CC(=O)N2. The molecule has 0 atom stereocenters. The average Bonchev–Trinajstić information content (AvgIpc) is 0.955. The van der Waals surface area contributed by atoms with Crippen LogP contribution in [0.3, 0.4) is 0 Å². The number of amides is 4. The molecule has 6 N–H and O–H groups in total. The summed E-state index contributed by atoms with van der Waals surface area (Å²) in [5.74, 6) is 18.0. The van der Waals surface area contributed by atoms with E-state index < -0.39 is 43.4 Å². The third-order valence-electron chi connectivity index (χ3n) is 21.1. The first-order valence-corrected chi connectivity index (χ1v) is 42.6. The molecule has 27 heteroatoms. The molecule has 4 aromatic heterocycles. The number of carbonyl (C=O) groups excluding carboxylic acids is 4. The normalized spacial score (nSPS) is 15.0. The van der Waals surface area contributed by atoms with Crippen molar-refractivity contribution in [3.63, 3.8) is 0 Å². The maximum Gasteiger partial charge on any atom is 0.416 e. The van der Waals surface area contributed by atoms with Crippen molar-refractivity contribution in [2.24, 2.45) is 0 Å². The van der Waals surface area contributed by atoms with Crippen molar-refractivity contribution in [1.82, 2.24) is 59.6 Å². The van der Waals surface area contributed by atoms with Gasteiger partial charge in [0.25, 0.3) is 17.7 Å². The molecule has 3 fully saturated rings. The maximum atomic E-state index is 13.9. The van der Waals surface area contributed by atoms with Gasteiger partial charge in [-0.25, -0.2) is 9.97 Å². The molecule has 4 aliphatic rings. The summed E-state index contributed by atoms with van der Waals surface area (Å²) in [6, 6.07) is 33.9. The first kappa shape index (κ1) is 85.7. The number of hydrogen-bond acceptors (Lipinski definition) is 15. The molecule has 8 heterocycles. The Morgan fingerprint density at radius 3 is 1.36 bits per heavy atom. The zero-order valence-electron chi connectivity index (χ0n) is 67.9. The number of aryl methyl sites for hydroxylation is 3. The number of carbonyl (C=O) groups is 4. The molecule has 4 amide bonds. The minimum Gasteiger partial charge on any atom is -0.343 e. The number of H-pyrrole nitrogens is 1. The fraction of sp³-hybridized carbons (Fsp3) is 0.319. The number of aromatic amines is 1. The zero-order chi connectivity index (χ0) is 84.0. The standard InChI is InChI=1S/C32H37N5O2Si.C30H32F3N5O.C29H27F3N6O/c1-22-6-8-25(17-24(22)9-7-23-16-27-18-30(38)35-31(27)33-20-23)32(39)34-28-11-10-26(29(19-28)40(3,4)5)21-37-14-12-36(2)13-15-37;1-21-4-6-25(15-24(21)7-5-22-14-23(17-34-2)19-35-18-22)29(39)36-27-9-8-26(28(16-27)30(31,32)33)20-38-12-10-37(3)11-13-38;1-19-3-4-21(13-20(19)5-6-22-15-33-16-26-27(22)35-18-34-26)28(39)36-24-8-7-23(25(14-24)29(30,31)32)17-38-11-9-37(2)10-12-38/h6,8,10-11,16-17,19-20H,12-15,18,21H2,1-5H3,(H,34,39)(H,33,35,38);4,6,8-9,14-16,18-19,34H,10-13,17,20H2,1-3H3,(H,36,39);3-4,7-8,13-16,18H,9-12,17H2,1-2H3,(H,34,35)(H,36,39). The second-order valence-corrected chi connectivity index (χ2v) is 36.4. The number of nitrogens with one attached hydrogen (secondary N) is 6. The molecule has 20 nitrogen and oxygen atoms in total. The molecule has 4 aliphatic heterocycles. The van der Waals surface area contributed by atoms with Gasteiger partial charge in [0.15, 0.2) is 0 Å². The van der Waals surface area contributed by atoms with E-state index >= 15 is 0 Å². The Morgan fingerprint density at radius 1 is 0.475 bits per heavy atom. The van der Waals surface area contributed by atoms with Crippen LogP contribution in [0.5, 0.6) is 0 Å². The summed E-state index contributed by atoms with van der Waals surface area (Å²) in [6.45, 7) is 25.3. The Kier molecular flexibility index (Phi) is 27.7. The van der Waals surface area contributed by atoms with Crippen LogP contribution in [0.15, 0.2) is 159 Å². The van der Waals surface area contributed by atoms with Gasteiger partial charge in [-0.1, -0.05) is 96.7 Å². The Bertz CT molecular complexity index is 5570. The molecule has 14 rings (SSSR count). The lowest BCUT2D eigenvalue weighted by atomic mass is 10.0. The Labute approximate surface area is 685 Å². The van der Waals surface area contributed by atoms with Gasteiger partial charge in [0.05, 0.1) is 49.2 Å². The molecule has 0 saturated carbocycles. The van der Waals surface area contributed by atoms with Crippen molar-refractivity contribution < 1.29 is 45.5 Å². The molecule has 0 unspecified atom stereocenters. The summed E-state index contributed by atoms with van der Waals surface area (Å²) in [7, 11) is 6.39. The number of imidazole rings is 1. The highest BCUT2D eigenvalue weighted by Crippen LogP contribution is 2.37. The summed E-state index contributed by atoms with van der Waals surface area (Å²) in [5.41, 5.74) is 12.7. The Morgan fingerprint density at radius 2 is 0.898 bits per heavy atom. The second kappa shape index (κ2) is 38.2. The summed E-state index contributed by atoms with van der Waals surface area (Å²) in [5, 5.41) is 15.6. The third kappa shape index (κ3) is 23.2. The van der Waals surface area contributed by atoms with E-state index in [1.165, 1.54) is 35.0 Å². The lowest BCUT2D eigenvalue weighted by Crippen LogP contribution is -2.46. The number of aromatic nitrogens is 5. The van der Waals surface area contributed by atoms with Crippen molar-refractivity contribution in [3.8, 4) is 35.5 Å². The molecule has 0 aliphatic carbocycles. The van der Waals surface area contributed by atoms with E-state index in [-0.39, 0.29) is 53.0 Å². The minimum absolute atomic E-state index is 0.0520. The van der Waals surface area contributed by atoms with E-state index in [2.05, 4.69) is 145 Å². The van der Waals surface area contributed by atoms with Crippen molar-refractivity contribution >= 4 is 70.8 Å². The van der Waals surface area contributed by atoms with E-state index in [0.29, 0.717) is 78.3 Å². The molecule has 3 saturated heterocycles. The largest absolute Gasteiger partial charge is 0.416 e. The van der Waals surface area contributed by atoms with Gasteiger partial charge >= 0.3 is 12.4 Å². The van der Waals surface area contributed by atoms with Gasteiger partial charge in [-0.05, 0) is 173 Å². The van der Waals surface area contributed by atoms with E-state index in [1.54, 1.807) is 73.7 Å². The lowest BCUT2D eigenvalue weighted by Gasteiger charge is -2.33. The number of benzene rings is 6. The van der Waals surface area contributed by atoms with Crippen LogP contribution in [0, 0.1) is 56.3 Å². The van der Waals surface area contributed by atoms with Gasteiger partial charge in [0, 0.05) is 197 Å². The smallest absolute Gasteiger partial charge is 0.343 e. The van der Waals surface area contributed by atoms with Crippen LogP contribution < -0.4 is 31.8 Å². The maximum absolute atomic E-state index is 13.9. The van der Waals surface area contributed by atoms with Crippen molar-refractivity contribution in [2.75, 3.05) is 128 Å². The number of anilines is 4. The highest BCUT2D eigenvalue weighted by atomic mass is 28.3. The van der Waals surface area contributed by atoms with Crippen molar-refractivity contribution in [3.05, 3.63) is 264 Å². The summed E-state index contributed by atoms with van der Waals surface area (Å²) in [4.78, 5) is 84.1. The molecule has 0 bridgehead atoms. The number of rotatable bonds is 15. The number of piperazine rings is 3. The summed E-state index contributed by atoms with van der Waals surface area (Å²) >= 11 is 0. The zero-order valence-corrected chi connectivity index (χ0v) is 68.9. The molecule has 6 aromatic carbocycles. The van der Waals surface area contributed by atoms with Gasteiger partial charge in [-0.15, -0.1) is 0 Å². The highest BCUT2D eigenvalue weighted by molar-refractivity contribution is 6.89. The average molecular weight is 1620 g/mol. The van der Waals surface area contributed by atoms with Gasteiger partial charge in [0.2, 0.25) is 5.91 Å². The molecule has 10 aromatic rings. The van der Waals surface area contributed by atoms with Crippen LogP contribution in [-0.4, -0.2) is 193 Å². The number of pyridine rings is 3. The Balaban J connectivity index is 0.000000163. The number of halogens is 6. The number of likely N-dealkylation sites (N-methyl/N-ethyl adjacent to an activating group) is 3. The van der Waals surface area contributed by atoms with E-state index in [9.17, 15) is 45.5 Å². The Hall–Kier alpha value is -11.7. The lowest BCUT2D eigenvalue weighted by molar-refractivity contribution is -0.139. The molecule has 0 spiro atoms. The molecular weight excluding hydrogens is 1520 g/mol. The number of hydrogen-bond donors (Lipinski definition) is 6. The van der Waals surface area contributed by atoms with E-state index in [1.807, 2.05) is 88.1 Å². The van der Waals surface area contributed by atoms with Crippen LogP contribution in [0.2, 0.25) is 19.6 Å². The fourth-order valence-electron chi connectivity index (χ4n) is 14.0. The van der Waals surface area contributed by atoms with E-state index in [4.69, 9.17) is 0 Å². The van der Waals surface area contributed by atoms with E-state index in [0.717, 1.165) is 127 Å². The highest BCUT2D eigenvalue weighted by Gasteiger charge is 2.36. The van der Waals surface area contributed by atoms with Crippen LogP contribution in [-0.2, 0) is 49.7 Å². The minimum atomic E-state index is -4.54. The summed E-state index contributed by atoms with van der Waals surface area (Å²) in [6.07, 6.45) is 1.19. The molecule has 610 valence electrons. The monoisotopic (exact) mass is 1620 g/mol. The quantitative estimate of drug-likeness (QED) is 0.0320. The van der Waals surface area contributed by atoms with Crippen LogP contribution in [0.1, 0.15) is 120 Å². The predicted octanol–water partition coefficient (Wildman–Crippen LogP) is 13.0. The van der Waals surface area contributed by atoms with Crippen molar-refractivity contribution in [2.45, 2.75) is 85.4 Å². The van der Waals surface area contributed by atoms with Crippen LogP contribution >= 0.6 is 0 Å². The van der Waals surface area contributed by atoms with Crippen molar-refractivity contribution in [1.29, 1.82) is 0 Å². The van der Waals surface area contributed by atoms with Crippen LogP contribution in [0.25, 0.3) is 11.0 Å². The first-order valence-electron chi connectivity index (χ1n) is 39.1. The van der Waals surface area contributed by atoms with Gasteiger partial charge in [-0.2, -0.15) is 26.3 Å². The second-order valence-electron chi connectivity index (χ2n) is 31.4. The predicted molar refractivity (Wildman–Crippen MR) is 453 cm³/mol. The third-order valence-corrected chi connectivity index (χ3v) is 23.2. The fourth-order valence-corrected chi connectivity index (χ4v) is 15.8. The number of nitrogens with zero attached hydrogens (tertiary/aromatic N) is 10. The number of alkyl halides is 6. The molecule has 118 heavy (non-hydrogen) atoms. The number of fused-ring (bicyclic) bond motifs is 2. The van der Waals surface area contributed by atoms with Gasteiger partial charge in [-0.3, -0.25) is 43.8 Å². The topological polar surface area (TPSA) is 215 Å². The van der Waals surface area contributed by atoms with Gasteiger partial charge in [0.1, 0.15) is 11.3 Å². The van der Waals surface area contributed by atoms with Gasteiger partial charge < -0.3 is 46.3 Å². The first-order chi connectivity index (χ1) is 56.3. The molecular formula is C91H96F6N16O4Si. The van der Waals surface area contributed by atoms with Crippen LogP contribution in [0.4, 0.5) is 49.2 Å². The molecule has 0 radical (unpaired) electrons. The summed E-state index contributed by atoms with van der Waals surface area (Å²) < 4.78 is 83.6.